The number of hydrogen-bond donors (Lipinski definition) is 1. The first-order valence-corrected chi connectivity index (χ1v) is 9.22. The summed E-state index contributed by atoms with van der Waals surface area (Å²) in [5, 5.41) is 0. The number of nitrogens with zero attached hydrogens (tertiary/aromatic N) is 2. The number of carbonyl (C=O) groups excluding carboxylic acids is 1. The molecule has 132 valence electrons. The number of hydrogen-bond acceptors (Lipinski definition) is 2. The summed E-state index contributed by atoms with van der Waals surface area (Å²) in [4.78, 5) is 22.2. The van der Waals surface area contributed by atoms with Gasteiger partial charge in [-0.15, -0.1) is 0 Å². The van der Waals surface area contributed by atoms with E-state index in [1.54, 1.807) is 6.20 Å². The molecule has 0 saturated carbocycles. The molecule has 3 aromatic rings. The Kier molecular flexibility index (Phi) is 4.82. The summed E-state index contributed by atoms with van der Waals surface area (Å²) >= 11 is 0. The highest BCUT2D eigenvalue weighted by atomic mass is 16.2. The van der Waals surface area contributed by atoms with Crippen LogP contribution in [0.25, 0.3) is 11.1 Å². The molecule has 0 radical (unpaired) electrons. The number of piperidine rings is 1. The molecule has 0 atom stereocenters. The topological polar surface area (TPSA) is 49.0 Å². The summed E-state index contributed by atoms with van der Waals surface area (Å²) in [6, 6.07) is 18.2. The molecule has 4 rings (SSSR count). The zero-order valence-corrected chi connectivity index (χ0v) is 14.8. The van der Waals surface area contributed by atoms with Crippen LogP contribution in [0.15, 0.2) is 67.0 Å². The van der Waals surface area contributed by atoms with Gasteiger partial charge in [0, 0.05) is 37.5 Å². The zero-order chi connectivity index (χ0) is 17.8. The molecule has 0 spiro atoms. The van der Waals surface area contributed by atoms with Gasteiger partial charge in [-0.05, 0) is 42.0 Å². The van der Waals surface area contributed by atoms with E-state index < -0.39 is 0 Å². The van der Waals surface area contributed by atoms with Crippen LogP contribution in [0.4, 0.5) is 0 Å². The Bertz CT molecular complexity index is 833. The minimum absolute atomic E-state index is 0.140. The Hall–Kier alpha value is -2.88. The lowest BCUT2D eigenvalue weighted by atomic mass is 9.93. The zero-order valence-electron chi connectivity index (χ0n) is 14.8. The average molecular weight is 345 g/mol. The third-order valence-corrected chi connectivity index (χ3v) is 5.18. The largest absolute Gasteiger partial charge is 0.349 e. The molecule has 1 saturated heterocycles. The molecule has 4 nitrogen and oxygen atoms in total. The van der Waals surface area contributed by atoms with Gasteiger partial charge in [0.2, 0.25) is 0 Å². The molecule has 4 heteroatoms. The molecule has 1 aromatic heterocycles. The number of H-pyrrole nitrogens is 1. The van der Waals surface area contributed by atoms with Crippen molar-refractivity contribution in [3.63, 3.8) is 0 Å². The first-order chi connectivity index (χ1) is 12.8. The molecule has 1 N–H and O–H groups in total. The van der Waals surface area contributed by atoms with Crippen molar-refractivity contribution in [2.24, 2.45) is 5.92 Å². The molecule has 0 bridgehead atoms. The Balaban J connectivity index is 1.36. The van der Waals surface area contributed by atoms with Crippen LogP contribution in [0.3, 0.4) is 0 Å². The average Bonchev–Trinajstić information content (AvgIpc) is 3.22. The third kappa shape index (κ3) is 3.69. The Morgan fingerprint density at radius 3 is 2.35 bits per heavy atom. The van der Waals surface area contributed by atoms with Crippen molar-refractivity contribution in [1.82, 2.24) is 14.9 Å². The molecule has 0 unspecified atom stereocenters. The number of aromatic nitrogens is 2. The molecule has 2 heterocycles. The van der Waals surface area contributed by atoms with Crippen LogP contribution in [-0.4, -0.2) is 33.9 Å². The predicted octanol–water partition coefficient (Wildman–Crippen LogP) is 4.17. The summed E-state index contributed by atoms with van der Waals surface area (Å²) in [5.74, 6) is 1.79. The Morgan fingerprint density at radius 1 is 1.00 bits per heavy atom. The standard InChI is InChI=1S/C22H23N3O/c26-22(20-8-6-19(7-9-20)18-4-2-1-3-5-18)25-14-10-17(11-15-25)16-21-23-12-13-24-21/h1-9,12-13,17H,10-11,14-16H2,(H,23,24). The van der Waals surface area contributed by atoms with E-state index in [4.69, 9.17) is 0 Å². The van der Waals surface area contributed by atoms with Crippen molar-refractivity contribution in [3.05, 3.63) is 78.4 Å². The van der Waals surface area contributed by atoms with Crippen molar-refractivity contribution in [2.75, 3.05) is 13.1 Å². The van der Waals surface area contributed by atoms with Gasteiger partial charge in [-0.25, -0.2) is 4.98 Å². The lowest BCUT2D eigenvalue weighted by Gasteiger charge is -2.31. The number of amides is 1. The number of likely N-dealkylation sites (tertiary alicyclic amines) is 1. The second kappa shape index (κ2) is 7.56. The fourth-order valence-electron chi connectivity index (χ4n) is 3.64. The SMILES string of the molecule is O=C(c1ccc(-c2ccccc2)cc1)N1CCC(Cc2ncc[nH]2)CC1. The van der Waals surface area contributed by atoms with Gasteiger partial charge in [0.1, 0.15) is 5.82 Å². The maximum atomic E-state index is 12.8. The third-order valence-electron chi connectivity index (χ3n) is 5.18. The van der Waals surface area contributed by atoms with Crippen molar-refractivity contribution < 1.29 is 4.79 Å². The van der Waals surface area contributed by atoms with Crippen molar-refractivity contribution in [3.8, 4) is 11.1 Å². The molecule has 1 aliphatic rings. The molecule has 26 heavy (non-hydrogen) atoms. The molecule has 0 aliphatic carbocycles. The smallest absolute Gasteiger partial charge is 0.253 e. The number of aromatic amines is 1. The van der Waals surface area contributed by atoms with Gasteiger partial charge >= 0.3 is 0 Å². The fraction of sp³-hybridized carbons (Fsp3) is 0.273. The highest BCUT2D eigenvalue weighted by molar-refractivity contribution is 5.94. The van der Waals surface area contributed by atoms with Crippen LogP contribution >= 0.6 is 0 Å². The van der Waals surface area contributed by atoms with Crippen LogP contribution in [0.2, 0.25) is 0 Å². The lowest BCUT2D eigenvalue weighted by molar-refractivity contribution is 0.0690. The van der Waals surface area contributed by atoms with E-state index in [0.29, 0.717) is 5.92 Å². The lowest BCUT2D eigenvalue weighted by Crippen LogP contribution is -2.39. The van der Waals surface area contributed by atoms with E-state index in [1.807, 2.05) is 53.6 Å². The Labute approximate surface area is 153 Å². The maximum Gasteiger partial charge on any atom is 0.253 e. The first-order valence-electron chi connectivity index (χ1n) is 9.22. The number of carbonyl (C=O) groups is 1. The van der Waals surface area contributed by atoms with Crippen LogP contribution in [0, 0.1) is 5.92 Å². The van der Waals surface area contributed by atoms with Gasteiger partial charge in [-0.2, -0.15) is 0 Å². The second-order valence-electron chi connectivity index (χ2n) is 6.92. The maximum absolute atomic E-state index is 12.8. The highest BCUT2D eigenvalue weighted by Gasteiger charge is 2.24. The second-order valence-corrected chi connectivity index (χ2v) is 6.92. The first kappa shape index (κ1) is 16.6. The molecule has 2 aromatic carbocycles. The monoisotopic (exact) mass is 345 g/mol. The van der Waals surface area contributed by atoms with Gasteiger partial charge < -0.3 is 9.88 Å². The van der Waals surface area contributed by atoms with E-state index in [-0.39, 0.29) is 5.91 Å². The molecule has 1 fully saturated rings. The number of imidazole rings is 1. The van der Waals surface area contributed by atoms with E-state index >= 15 is 0 Å². The summed E-state index contributed by atoms with van der Waals surface area (Å²) in [5.41, 5.74) is 3.08. The number of nitrogens with one attached hydrogen (secondary N) is 1. The van der Waals surface area contributed by atoms with E-state index in [9.17, 15) is 4.79 Å². The number of benzene rings is 2. The minimum Gasteiger partial charge on any atom is -0.349 e. The van der Waals surface area contributed by atoms with Crippen molar-refractivity contribution >= 4 is 5.91 Å². The van der Waals surface area contributed by atoms with Crippen molar-refractivity contribution in [1.29, 1.82) is 0 Å². The van der Waals surface area contributed by atoms with Gasteiger partial charge in [-0.3, -0.25) is 4.79 Å². The van der Waals surface area contributed by atoms with E-state index in [1.165, 1.54) is 5.56 Å². The van der Waals surface area contributed by atoms with Gasteiger partial charge in [0.25, 0.3) is 5.91 Å². The Morgan fingerprint density at radius 2 is 1.69 bits per heavy atom. The number of rotatable bonds is 4. The summed E-state index contributed by atoms with van der Waals surface area (Å²) < 4.78 is 0. The molecular weight excluding hydrogens is 322 g/mol. The van der Waals surface area contributed by atoms with E-state index in [0.717, 1.165) is 49.3 Å². The summed E-state index contributed by atoms with van der Waals surface area (Å²) in [7, 11) is 0. The van der Waals surface area contributed by atoms with Gasteiger partial charge in [0.05, 0.1) is 0 Å². The fourth-order valence-corrected chi connectivity index (χ4v) is 3.64. The summed E-state index contributed by atoms with van der Waals surface area (Å²) in [6.07, 6.45) is 6.71. The van der Waals surface area contributed by atoms with Crippen LogP contribution in [-0.2, 0) is 6.42 Å². The predicted molar refractivity (Wildman–Crippen MR) is 103 cm³/mol. The van der Waals surface area contributed by atoms with Crippen LogP contribution in [0.1, 0.15) is 29.0 Å². The minimum atomic E-state index is 0.140. The normalized spacial score (nSPS) is 15.2. The quantitative estimate of drug-likeness (QED) is 0.771. The van der Waals surface area contributed by atoms with Crippen LogP contribution < -0.4 is 0 Å². The van der Waals surface area contributed by atoms with E-state index in [2.05, 4.69) is 22.1 Å². The van der Waals surface area contributed by atoms with Gasteiger partial charge in [0.15, 0.2) is 0 Å². The highest BCUT2D eigenvalue weighted by Crippen LogP contribution is 2.23. The van der Waals surface area contributed by atoms with Crippen LogP contribution in [0.5, 0.6) is 0 Å². The molecular formula is C22H23N3O. The molecule has 1 aliphatic heterocycles. The summed E-state index contributed by atoms with van der Waals surface area (Å²) in [6.45, 7) is 1.65. The van der Waals surface area contributed by atoms with Crippen molar-refractivity contribution in [2.45, 2.75) is 19.3 Å². The molecule has 1 amide bonds. The van der Waals surface area contributed by atoms with Gasteiger partial charge in [-0.1, -0.05) is 42.5 Å².